The molecule has 2 aromatic carbocycles. The molecule has 0 fully saturated rings. The number of carbonyl (C=O) groups is 1. The zero-order valence-corrected chi connectivity index (χ0v) is 13.6. The lowest BCUT2D eigenvalue weighted by Gasteiger charge is -2.06. The first-order valence-corrected chi connectivity index (χ1v) is 7.75. The third-order valence-corrected chi connectivity index (χ3v) is 3.52. The monoisotopic (exact) mass is 333 g/mol. The fourth-order valence-electron chi connectivity index (χ4n) is 2.33. The van der Waals surface area contributed by atoms with E-state index in [2.05, 4.69) is 15.3 Å². The summed E-state index contributed by atoms with van der Waals surface area (Å²) >= 11 is 0. The molecule has 0 spiro atoms. The Labute approximate surface area is 145 Å². The number of hydrogen-bond acceptors (Lipinski definition) is 3. The highest BCUT2D eigenvalue weighted by Gasteiger charge is 2.04. The van der Waals surface area contributed by atoms with Crippen molar-refractivity contribution in [3.8, 4) is 11.3 Å². The van der Waals surface area contributed by atoms with Gasteiger partial charge in [0.2, 0.25) is 5.91 Å². The Bertz CT molecular complexity index is 937. The summed E-state index contributed by atoms with van der Waals surface area (Å²) in [6.07, 6.45) is 4.45. The van der Waals surface area contributed by atoms with E-state index in [9.17, 15) is 9.18 Å². The first-order valence-electron chi connectivity index (χ1n) is 7.75. The fraction of sp³-hybridized carbons (Fsp3) is 0.0500. The Kier molecular flexibility index (Phi) is 4.95. The largest absolute Gasteiger partial charge is 0.322 e. The van der Waals surface area contributed by atoms with Crippen molar-refractivity contribution in [2.45, 2.75) is 6.92 Å². The Balaban J connectivity index is 1.74. The second-order valence-electron chi connectivity index (χ2n) is 5.41. The molecule has 0 saturated carbocycles. The highest BCUT2D eigenvalue weighted by atomic mass is 19.1. The van der Waals surface area contributed by atoms with E-state index in [1.165, 1.54) is 18.2 Å². The van der Waals surface area contributed by atoms with Crippen molar-refractivity contribution >= 4 is 17.7 Å². The molecular formula is C20H16FN3O. The van der Waals surface area contributed by atoms with Crippen molar-refractivity contribution in [2.24, 2.45) is 0 Å². The molecule has 1 amide bonds. The number of aromatic nitrogens is 2. The molecule has 0 unspecified atom stereocenters. The summed E-state index contributed by atoms with van der Waals surface area (Å²) in [4.78, 5) is 20.5. The SMILES string of the molecule is Cc1nccc(-c2cccc(NC(=O)/C=C/c3ccccc3F)c2)n1. The second-order valence-corrected chi connectivity index (χ2v) is 5.41. The van der Waals surface area contributed by atoms with Gasteiger partial charge >= 0.3 is 0 Å². The fourth-order valence-corrected chi connectivity index (χ4v) is 2.33. The zero-order valence-electron chi connectivity index (χ0n) is 13.6. The van der Waals surface area contributed by atoms with E-state index >= 15 is 0 Å². The van der Waals surface area contributed by atoms with Crippen LogP contribution in [0.3, 0.4) is 0 Å². The number of amides is 1. The van der Waals surface area contributed by atoms with Crippen LogP contribution in [0.4, 0.5) is 10.1 Å². The van der Waals surface area contributed by atoms with Crippen LogP contribution in [0.5, 0.6) is 0 Å². The average molecular weight is 333 g/mol. The molecule has 3 aromatic rings. The lowest BCUT2D eigenvalue weighted by atomic mass is 10.1. The van der Waals surface area contributed by atoms with Gasteiger partial charge in [-0.25, -0.2) is 14.4 Å². The van der Waals surface area contributed by atoms with Crippen LogP contribution in [0, 0.1) is 12.7 Å². The predicted molar refractivity (Wildman–Crippen MR) is 96.3 cm³/mol. The third kappa shape index (κ3) is 4.35. The lowest BCUT2D eigenvalue weighted by Crippen LogP contribution is -2.07. The Hall–Kier alpha value is -3.34. The molecule has 124 valence electrons. The molecule has 3 rings (SSSR count). The molecule has 1 aromatic heterocycles. The summed E-state index contributed by atoms with van der Waals surface area (Å²) < 4.78 is 13.5. The number of nitrogens with zero attached hydrogens (tertiary/aromatic N) is 2. The standard InChI is InChI=1S/C20H16FN3O/c1-14-22-12-11-19(23-14)16-6-4-7-17(13-16)24-20(25)10-9-15-5-2-3-8-18(15)21/h2-13H,1H3,(H,24,25)/b10-9+. The van der Waals surface area contributed by atoms with Crippen LogP contribution in [-0.4, -0.2) is 15.9 Å². The van der Waals surface area contributed by atoms with Gasteiger partial charge in [0.1, 0.15) is 11.6 Å². The summed E-state index contributed by atoms with van der Waals surface area (Å²) in [6.45, 7) is 1.82. The van der Waals surface area contributed by atoms with E-state index in [4.69, 9.17) is 0 Å². The van der Waals surface area contributed by atoms with Crippen LogP contribution in [0.2, 0.25) is 0 Å². The summed E-state index contributed by atoms with van der Waals surface area (Å²) in [5, 5.41) is 2.76. The van der Waals surface area contributed by atoms with Gasteiger partial charge < -0.3 is 5.32 Å². The average Bonchev–Trinajstić information content (AvgIpc) is 2.61. The van der Waals surface area contributed by atoms with E-state index in [-0.39, 0.29) is 11.7 Å². The number of halogens is 1. The number of rotatable bonds is 4. The summed E-state index contributed by atoms with van der Waals surface area (Å²) in [6, 6.07) is 15.5. The first-order chi connectivity index (χ1) is 12.1. The number of anilines is 1. The molecule has 0 radical (unpaired) electrons. The maximum absolute atomic E-state index is 13.5. The maximum Gasteiger partial charge on any atom is 0.248 e. The van der Waals surface area contributed by atoms with Gasteiger partial charge in [-0.05, 0) is 37.3 Å². The quantitative estimate of drug-likeness (QED) is 0.727. The molecule has 5 heteroatoms. The number of benzene rings is 2. The Morgan fingerprint density at radius 2 is 1.96 bits per heavy atom. The molecule has 0 aliphatic heterocycles. The molecule has 0 bridgehead atoms. The number of nitrogens with one attached hydrogen (secondary N) is 1. The molecule has 1 N–H and O–H groups in total. The predicted octanol–water partition coefficient (Wildman–Crippen LogP) is 4.24. The summed E-state index contributed by atoms with van der Waals surface area (Å²) in [5.74, 6) is -0.0216. The van der Waals surface area contributed by atoms with Crippen LogP contribution in [0.25, 0.3) is 17.3 Å². The van der Waals surface area contributed by atoms with Crippen LogP contribution < -0.4 is 5.32 Å². The van der Waals surface area contributed by atoms with Crippen molar-refractivity contribution < 1.29 is 9.18 Å². The molecule has 0 atom stereocenters. The minimum absolute atomic E-state index is 0.334. The van der Waals surface area contributed by atoms with Gasteiger partial charge in [0.25, 0.3) is 0 Å². The normalized spacial score (nSPS) is 10.8. The van der Waals surface area contributed by atoms with Crippen molar-refractivity contribution in [3.63, 3.8) is 0 Å². The molecule has 0 aliphatic rings. The number of hydrogen-bond donors (Lipinski definition) is 1. The van der Waals surface area contributed by atoms with Crippen LogP contribution in [-0.2, 0) is 4.79 Å². The topological polar surface area (TPSA) is 54.9 Å². The first kappa shape index (κ1) is 16.5. The van der Waals surface area contributed by atoms with E-state index < -0.39 is 0 Å². The van der Waals surface area contributed by atoms with Gasteiger partial charge in [-0.1, -0.05) is 30.3 Å². The summed E-state index contributed by atoms with van der Waals surface area (Å²) in [7, 11) is 0. The third-order valence-electron chi connectivity index (χ3n) is 3.52. The molecular weight excluding hydrogens is 317 g/mol. The molecule has 0 saturated heterocycles. The lowest BCUT2D eigenvalue weighted by molar-refractivity contribution is -0.111. The highest BCUT2D eigenvalue weighted by molar-refractivity contribution is 6.02. The van der Waals surface area contributed by atoms with E-state index in [0.29, 0.717) is 17.1 Å². The molecule has 4 nitrogen and oxygen atoms in total. The maximum atomic E-state index is 13.5. The minimum atomic E-state index is -0.368. The van der Waals surface area contributed by atoms with Gasteiger partial charge in [-0.2, -0.15) is 0 Å². The number of carbonyl (C=O) groups excluding carboxylic acids is 1. The van der Waals surface area contributed by atoms with E-state index in [1.54, 1.807) is 30.5 Å². The molecule has 0 aliphatic carbocycles. The van der Waals surface area contributed by atoms with Crippen LogP contribution >= 0.6 is 0 Å². The summed E-state index contributed by atoms with van der Waals surface area (Å²) in [5.41, 5.74) is 2.66. The Morgan fingerprint density at radius 3 is 2.76 bits per heavy atom. The van der Waals surface area contributed by atoms with E-state index in [0.717, 1.165) is 11.3 Å². The van der Waals surface area contributed by atoms with Gasteiger partial charge in [-0.15, -0.1) is 0 Å². The van der Waals surface area contributed by atoms with Gasteiger partial charge in [0.15, 0.2) is 0 Å². The molecule has 25 heavy (non-hydrogen) atoms. The van der Waals surface area contributed by atoms with Crippen LogP contribution in [0.1, 0.15) is 11.4 Å². The van der Waals surface area contributed by atoms with Crippen molar-refractivity contribution in [1.29, 1.82) is 0 Å². The van der Waals surface area contributed by atoms with E-state index in [1.807, 2.05) is 31.2 Å². The second kappa shape index (κ2) is 7.49. The van der Waals surface area contributed by atoms with Crippen molar-refractivity contribution in [2.75, 3.05) is 5.32 Å². The highest BCUT2D eigenvalue weighted by Crippen LogP contribution is 2.20. The number of aryl methyl sites for hydroxylation is 1. The van der Waals surface area contributed by atoms with Gasteiger partial charge in [0, 0.05) is 29.1 Å². The van der Waals surface area contributed by atoms with Crippen LogP contribution in [0.15, 0.2) is 66.9 Å². The Morgan fingerprint density at radius 1 is 1.12 bits per heavy atom. The van der Waals surface area contributed by atoms with Gasteiger partial charge in [0.05, 0.1) is 5.69 Å². The van der Waals surface area contributed by atoms with Crippen molar-refractivity contribution in [3.05, 3.63) is 84.1 Å². The smallest absolute Gasteiger partial charge is 0.248 e. The van der Waals surface area contributed by atoms with Gasteiger partial charge in [-0.3, -0.25) is 4.79 Å². The zero-order chi connectivity index (χ0) is 17.6. The van der Waals surface area contributed by atoms with Crippen molar-refractivity contribution in [1.82, 2.24) is 9.97 Å². The molecule has 1 heterocycles. The minimum Gasteiger partial charge on any atom is -0.322 e.